The molecule has 10 aromatic rings. The maximum absolute atomic E-state index is 6.84. The number of aromatic nitrogens is 2. The maximum atomic E-state index is 6.84. The summed E-state index contributed by atoms with van der Waals surface area (Å²) in [4.78, 5) is 9.85. The van der Waals surface area contributed by atoms with E-state index in [0.29, 0.717) is 11.5 Å². The Labute approximate surface area is 465 Å². The van der Waals surface area contributed by atoms with Crippen LogP contribution in [0.3, 0.4) is 0 Å². The van der Waals surface area contributed by atoms with Crippen LogP contribution in [0.1, 0.15) is 105 Å². The van der Waals surface area contributed by atoms with Crippen molar-refractivity contribution < 1.29 is 25.8 Å². The van der Waals surface area contributed by atoms with Gasteiger partial charge in [0.15, 0.2) is 0 Å². The van der Waals surface area contributed by atoms with E-state index in [0.717, 1.165) is 72.6 Å². The molecule has 3 heterocycles. The number of fused-ring (bicyclic) bond motifs is 4. The van der Waals surface area contributed by atoms with Gasteiger partial charge >= 0.3 is 0 Å². The van der Waals surface area contributed by atoms with Gasteiger partial charge in [-0.3, -0.25) is 0 Å². The number of pyridine rings is 1. The van der Waals surface area contributed by atoms with Gasteiger partial charge in [-0.1, -0.05) is 198 Å². The first-order chi connectivity index (χ1) is 35.7. The maximum Gasteiger partial charge on any atom is 0.135 e. The summed E-state index contributed by atoms with van der Waals surface area (Å²) in [6.45, 7) is 29.6. The fourth-order valence-corrected chi connectivity index (χ4v) is 10.3. The van der Waals surface area contributed by atoms with Crippen LogP contribution in [-0.4, -0.2) is 9.55 Å². The molecule has 1 aliphatic rings. The molecule has 0 N–H and O–H groups in total. The molecule has 0 saturated heterocycles. The number of hydrogen-bond donors (Lipinski definition) is 0. The van der Waals surface area contributed by atoms with Crippen molar-refractivity contribution in [2.24, 2.45) is 0 Å². The van der Waals surface area contributed by atoms with Crippen molar-refractivity contribution in [1.29, 1.82) is 0 Å². The third-order valence-electron chi connectivity index (χ3n) is 14.7. The van der Waals surface area contributed by atoms with E-state index in [4.69, 9.17) is 9.72 Å². The van der Waals surface area contributed by atoms with E-state index < -0.39 is 0 Å². The molecule has 0 aliphatic carbocycles. The first kappa shape index (κ1) is 52.2. The zero-order valence-electron chi connectivity index (χ0n) is 45.9. The fourth-order valence-electron chi connectivity index (χ4n) is 10.3. The number of ether oxygens (including phenoxy) is 1. The zero-order valence-corrected chi connectivity index (χ0v) is 48.2. The summed E-state index contributed by atoms with van der Waals surface area (Å²) in [5.41, 5.74) is 17.9. The Kier molecular flexibility index (Phi) is 13.6. The van der Waals surface area contributed by atoms with E-state index in [1.54, 1.807) is 0 Å². The van der Waals surface area contributed by atoms with Crippen LogP contribution in [0.2, 0.25) is 0 Å². The molecule has 386 valence electrons. The third-order valence-corrected chi connectivity index (χ3v) is 14.7. The van der Waals surface area contributed by atoms with Crippen LogP contribution < -0.4 is 14.5 Å². The second kappa shape index (κ2) is 19.7. The van der Waals surface area contributed by atoms with Crippen LogP contribution >= 0.6 is 0 Å². The van der Waals surface area contributed by atoms with Gasteiger partial charge in [-0.2, -0.15) is 12.1 Å². The monoisotopic (exact) mass is 1170 g/mol. The SMILES string of the molecule is CC(C)(C)c1ccc(-c2cnc(-n3c4[c-]c(Oc5[c-]c(N6[CH-]N(c7cc(C(C)(C)C)cc(C(C)(C)C)c7)c7cc(-c8ccccc8)ccc76)ccc5)ccc4c4cc(-c5ccccc5)ccc43)cc2C(C)(C)C)cc1.[Pt]. The molecule has 1 aliphatic heterocycles. The van der Waals surface area contributed by atoms with E-state index in [1.807, 2.05) is 18.2 Å². The number of nitrogens with zero attached hydrogens (tertiary/aromatic N) is 4. The van der Waals surface area contributed by atoms with Crippen LogP contribution in [-0.2, 0) is 42.7 Å². The molecule has 76 heavy (non-hydrogen) atoms. The van der Waals surface area contributed by atoms with E-state index in [9.17, 15) is 0 Å². The van der Waals surface area contributed by atoms with Gasteiger partial charge in [0.1, 0.15) is 5.82 Å². The van der Waals surface area contributed by atoms with Crippen molar-refractivity contribution in [1.82, 2.24) is 9.55 Å². The molecular formula is C70H67N4OPt-3. The third kappa shape index (κ3) is 10.1. The second-order valence-corrected chi connectivity index (χ2v) is 24.4. The Morgan fingerprint density at radius 2 is 1.04 bits per heavy atom. The second-order valence-electron chi connectivity index (χ2n) is 24.4. The summed E-state index contributed by atoms with van der Waals surface area (Å²) >= 11 is 0. The molecule has 0 spiro atoms. The molecule has 2 aromatic heterocycles. The Balaban J connectivity index is 0.00000657. The van der Waals surface area contributed by atoms with Crippen molar-refractivity contribution in [2.45, 2.75) is 105 Å². The molecule has 0 fully saturated rings. The predicted molar refractivity (Wildman–Crippen MR) is 315 cm³/mol. The number of rotatable bonds is 8. The summed E-state index contributed by atoms with van der Waals surface area (Å²) in [7, 11) is 0. The van der Waals surface area contributed by atoms with Gasteiger partial charge < -0.3 is 19.1 Å². The topological polar surface area (TPSA) is 33.5 Å². The van der Waals surface area contributed by atoms with E-state index in [2.05, 4.69) is 280 Å². The van der Waals surface area contributed by atoms with Crippen LogP contribution in [0.4, 0.5) is 22.7 Å². The predicted octanol–water partition coefficient (Wildman–Crippen LogP) is 19.2. The molecule has 0 amide bonds. The number of benzene rings is 8. The smallest absolute Gasteiger partial charge is 0.135 e. The number of anilines is 4. The van der Waals surface area contributed by atoms with Crippen molar-refractivity contribution in [3.8, 4) is 50.7 Å². The summed E-state index contributed by atoms with van der Waals surface area (Å²) < 4.78 is 9.09. The molecule has 5 nitrogen and oxygen atoms in total. The minimum absolute atomic E-state index is 0. The molecule has 8 aromatic carbocycles. The first-order valence-electron chi connectivity index (χ1n) is 26.3. The largest absolute Gasteiger partial charge is 0.509 e. The molecule has 0 atom stereocenters. The van der Waals surface area contributed by atoms with Crippen LogP contribution in [0.15, 0.2) is 182 Å². The standard InChI is InChI=1S/C70H67N4O.Pt/c1-67(2,3)51-30-26-48(27-31-51)60-44-71-66(43-61(60)70(10,11)12)74-62-34-28-49(46-20-15-13-16-21-46)36-59(62)58-33-32-57(42-64(58)74)75-56-25-19-24-54(41-56)72-45-73(55-39-52(68(4,5)6)38-53(40-55)69(7,8)9)65-37-50(29-35-63(65)72)47-22-17-14-18-23-47;/h13-40,43-45H,1-12H3;/q-3;. The molecule has 0 unspecified atom stereocenters. The normalized spacial score (nSPS) is 13.1. The van der Waals surface area contributed by atoms with Gasteiger partial charge in [-0.05, 0) is 114 Å². The average Bonchev–Trinajstić information content (AvgIpc) is 3.97. The average molecular weight is 1180 g/mol. The quantitative estimate of drug-likeness (QED) is 0.142. The van der Waals surface area contributed by atoms with Crippen LogP contribution in [0.5, 0.6) is 11.5 Å². The van der Waals surface area contributed by atoms with Crippen molar-refractivity contribution in [3.63, 3.8) is 0 Å². The van der Waals surface area contributed by atoms with Gasteiger partial charge in [0.05, 0.1) is 0 Å². The van der Waals surface area contributed by atoms with E-state index in [1.165, 1.54) is 33.4 Å². The van der Waals surface area contributed by atoms with Crippen LogP contribution in [0, 0.1) is 18.8 Å². The van der Waals surface area contributed by atoms with Crippen molar-refractivity contribution in [2.75, 3.05) is 9.80 Å². The Morgan fingerprint density at radius 1 is 0.447 bits per heavy atom. The van der Waals surface area contributed by atoms with Gasteiger partial charge in [0, 0.05) is 66.9 Å². The van der Waals surface area contributed by atoms with Crippen LogP contribution in [0.25, 0.3) is 61.0 Å². The zero-order chi connectivity index (χ0) is 52.6. The fraction of sp³-hybridized carbons (Fsp3) is 0.229. The molecule has 0 bridgehead atoms. The summed E-state index contributed by atoms with van der Waals surface area (Å²) in [6, 6.07) is 70.8. The summed E-state index contributed by atoms with van der Waals surface area (Å²) in [5, 5.41) is 2.19. The van der Waals surface area contributed by atoms with E-state index in [-0.39, 0.29) is 42.7 Å². The Bertz CT molecular complexity index is 3720. The van der Waals surface area contributed by atoms with Gasteiger partial charge in [-0.15, -0.1) is 48.1 Å². The first-order valence-corrected chi connectivity index (χ1v) is 26.3. The minimum atomic E-state index is -0.172. The summed E-state index contributed by atoms with van der Waals surface area (Å²) in [5.74, 6) is 2.00. The van der Waals surface area contributed by atoms with Gasteiger partial charge in [0.2, 0.25) is 0 Å². The molecule has 11 rings (SSSR count). The summed E-state index contributed by atoms with van der Waals surface area (Å²) in [6.07, 6.45) is 2.06. The number of hydrogen-bond acceptors (Lipinski definition) is 4. The van der Waals surface area contributed by atoms with Crippen molar-refractivity contribution >= 4 is 44.6 Å². The van der Waals surface area contributed by atoms with E-state index >= 15 is 0 Å². The molecule has 0 saturated carbocycles. The Hall–Kier alpha value is -7.20. The minimum Gasteiger partial charge on any atom is -0.509 e. The Morgan fingerprint density at radius 3 is 1.66 bits per heavy atom. The molecule has 0 radical (unpaired) electrons. The van der Waals surface area contributed by atoms with Gasteiger partial charge in [-0.25, -0.2) is 4.98 Å². The van der Waals surface area contributed by atoms with Crippen molar-refractivity contribution in [3.05, 3.63) is 223 Å². The van der Waals surface area contributed by atoms with Gasteiger partial charge in [0.25, 0.3) is 0 Å². The molecule has 6 heteroatoms. The molecular weight excluding hydrogens is 1110 g/mol.